The largest absolute Gasteiger partial charge is 0.480 e. The van der Waals surface area contributed by atoms with Crippen molar-refractivity contribution in [1.82, 2.24) is 15.3 Å². The summed E-state index contributed by atoms with van der Waals surface area (Å²) in [4.78, 5) is 21.7. The normalized spacial score (nSPS) is 15.9. The number of rotatable bonds is 4. The van der Waals surface area contributed by atoms with E-state index in [0.29, 0.717) is 11.0 Å². The van der Waals surface area contributed by atoms with Crippen molar-refractivity contribution >= 4 is 34.3 Å². The van der Waals surface area contributed by atoms with E-state index in [-0.39, 0.29) is 12.6 Å². The molecule has 116 valence electrons. The molecule has 0 saturated carbocycles. The van der Waals surface area contributed by atoms with Gasteiger partial charge in [0.1, 0.15) is 17.5 Å². The first kappa shape index (κ1) is 15.0. The average Bonchev–Trinajstić information content (AvgIpc) is 2.52. The molecular formula is C15H17ClN4O2. The summed E-state index contributed by atoms with van der Waals surface area (Å²) in [6, 6.07) is 5.63. The van der Waals surface area contributed by atoms with Crippen molar-refractivity contribution in [3.8, 4) is 0 Å². The Morgan fingerprint density at radius 2 is 2.18 bits per heavy atom. The summed E-state index contributed by atoms with van der Waals surface area (Å²) in [5.41, 5.74) is 0.724. The highest BCUT2D eigenvalue weighted by Gasteiger charge is 2.24. The maximum absolute atomic E-state index is 11.2. The van der Waals surface area contributed by atoms with Crippen molar-refractivity contribution in [3.05, 3.63) is 29.5 Å². The number of hydrogen-bond acceptors (Lipinski definition) is 5. The van der Waals surface area contributed by atoms with E-state index in [1.54, 1.807) is 12.3 Å². The van der Waals surface area contributed by atoms with Gasteiger partial charge in [0.05, 0.1) is 5.52 Å². The van der Waals surface area contributed by atoms with E-state index < -0.39 is 5.97 Å². The maximum atomic E-state index is 11.2. The Morgan fingerprint density at radius 3 is 2.91 bits per heavy atom. The number of pyridine rings is 2. The average molecular weight is 321 g/mol. The van der Waals surface area contributed by atoms with Gasteiger partial charge in [-0.05, 0) is 38.1 Å². The van der Waals surface area contributed by atoms with Crippen molar-refractivity contribution in [2.24, 2.45) is 0 Å². The number of aromatic nitrogens is 2. The SMILES string of the molecule is O=C(O)CN(c1ccc2cnc(Cl)cc2n1)C1CCNCC1. The van der Waals surface area contributed by atoms with Gasteiger partial charge in [0.15, 0.2) is 0 Å². The van der Waals surface area contributed by atoms with Crippen LogP contribution in [0.25, 0.3) is 10.9 Å². The van der Waals surface area contributed by atoms with Crippen LogP contribution in [0.5, 0.6) is 0 Å². The van der Waals surface area contributed by atoms with Crippen LogP contribution in [0.2, 0.25) is 5.15 Å². The molecule has 0 unspecified atom stereocenters. The van der Waals surface area contributed by atoms with Crippen LogP contribution in [0.1, 0.15) is 12.8 Å². The summed E-state index contributed by atoms with van der Waals surface area (Å²) in [6.45, 7) is 1.73. The quantitative estimate of drug-likeness (QED) is 0.838. The molecule has 2 N–H and O–H groups in total. The fourth-order valence-corrected chi connectivity index (χ4v) is 2.95. The Hall–Kier alpha value is -1.92. The predicted molar refractivity (Wildman–Crippen MR) is 85.4 cm³/mol. The van der Waals surface area contributed by atoms with Crippen LogP contribution in [0.3, 0.4) is 0 Å². The Balaban J connectivity index is 1.96. The molecule has 0 amide bonds. The first-order valence-corrected chi connectivity index (χ1v) is 7.63. The van der Waals surface area contributed by atoms with Gasteiger partial charge in [0.2, 0.25) is 0 Å². The Kier molecular flexibility index (Phi) is 4.40. The summed E-state index contributed by atoms with van der Waals surface area (Å²) >= 11 is 5.92. The second-order valence-electron chi connectivity index (χ2n) is 5.37. The molecule has 0 radical (unpaired) electrons. The van der Waals surface area contributed by atoms with E-state index >= 15 is 0 Å². The van der Waals surface area contributed by atoms with Crippen LogP contribution >= 0.6 is 11.6 Å². The summed E-state index contributed by atoms with van der Waals surface area (Å²) in [7, 11) is 0. The van der Waals surface area contributed by atoms with Gasteiger partial charge >= 0.3 is 5.97 Å². The van der Waals surface area contributed by atoms with Crippen molar-refractivity contribution in [1.29, 1.82) is 0 Å². The van der Waals surface area contributed by atoms with Crippen LogP contribution in [-0.4, -0.2) is 46.7 Å². The molecule has 7 heteroatoms. The van der Waals surface area contributed by atoms with Crippen molar-refractivity contribution in [2.75, 3.05) is 24.5 Å². The minimum atomic E-state index is -0.854. The molecule has 2 aromatic rings. The molecule has 1 fully saturated rings. The van der Waals surface area contributed by atoms with Gasteiger partial charge in [-0.25, -0.2) is 9.97 Å². The number of nitrogens with one attached hydrogen (secondary N) is 1. The van der Waals surface area contributed by atoms with E-state index in [1.807, 2.05) is 17.0 Å². The van der Waals surface area contributed by atoms with E-state index in [2.05, 4.69) is 15.3 Å². The summed E-state index contributed by atoms with van der Waals surface area (Å²) in [5.74, 6) is -0.183. The lowest BCUT2D eigenvalue weighted by Crippen LogP contribution is -2.45. The number of hydrogen-bond donors (Lipinski definition) is 2. The van der Waals surface area contributed by atoms with Crippen molar-refractivity contribution in [3.63, 3.8) is 0 Å². The van der Waals surface area contributed by atoms with Gasteiger partial charge in [-0.2, -0.15) is 0 Å². The zero-order valence-corrected chi connectivity index (χ0v) is 12.8. The zero-order valence-electron chi connectivity index (χ0n) is 12.0. The minimum absolute atomic E-state index is 0.0536. The number of nitrogens with zero attached hydrogens (tertiary/aromatic N) is 3. The second-order valence-corrected chi connectivity index (χ2v) is 5.76. The van der Waals surface area contributed by atoms with E-state index in [1.165, 1.54) is 0 Å². The number of aliphatic carboxylic acids is 1. The van der Waals surface area contributed by atoms with Gasteiger partial charge in [0.25, 0.3) is 0 Å². The maximum Gasteiger partial charge on any atom is 0.323 e. The van der Waals surface area contributed by atoms with Crippen LogP contribution in [0, 0.1) is 0 Å². The zero-order chi connectivity index (χ0) is 15.5. The molecule has 3 rings (SSSR count). The van der Waals surface area contributed by atoms with Gasteiger partial charge in [0, 0.05) is 23.7 Å². The Morgan fingerprint density at radius 1 is 1.41 bits per heavy atom. The number of piperidine rings is 1. The standard InChI is InChI=1S/C15H17ClN4O2/c16-13-7-12-10(8-18-13)1-2-14(19-12)20(9-15(21)22)11-3-5-17-6-4-11/h1-2,7-8,11,17H,3-6,9H2,(H,21,22). The number of carboxylic acid groups (broad SMARTS) is 1. The Labute approximate surface area is 133 Å². The number of anilines is 1. The van der Waals surface area contributed by atoms with Gasteiger partial charge in [-0.15, -0.1) is 0 Å². The monoisotopic (exact) mass is 320 g/mol. The molecule has 3 heterocycles. The van der Waals surface area contributed by atoms with Crippen LogP contribution in [0.4, 0.5) is 5.82 Å². The van der Waals surface area contributed by atoms with Gasteiger partial charge in [-0.1, -0.05) is 11.6 Å². The number of fused-ring (bicyclic) bond motifs is 1. The molecule has 2 aromatic heterocycles. The molecule has 22 heavy (non-hydrogen) atoms. The van der Waals surface area contributed by atoms with Crippen LogP contribution in [0.15, 0.2) is 24.4 Å². The third-order valence-electron chi connectivity index (χ3n) is 3.87. The molecule has 0 aliphatic carbocycles. The van der Waals surface area contributed by atoms with E-state index in [9.17, 15) is 9.90 Å². The first-order valence-electron chi connectivity index (χ1n) is 7.25. The van der Waals surface area contributed by atoms with Crippen molar-refractivity contribution in [2.45, 2.75) is 18.9 Å². The highest BCUT2D eigenvalue weighted by Crippen LogP contribution is 2.23. The first-order chi connectivity index (χ1) is 10.6. The molecular weight excluding hydrogens is 304 g/mol. The van der Waals surface area contributed by atoms with Gasteiger partial charge < -0.3 is 15.3 Å². The third kappa shape index (κ3) is 3.28. The minimum Gasteiger partial charge on any atom is -0.480 e. The molecule has 1 aliphatic rings. The number of carbonyl (C=O) groups is 1. The van der Waals surface area contributed by atoms with Crippen LogP contribution in [-0.2, 0) is 4.79 Å². The lowest BCUT2D eigenvalue weighted by atomic mass is 10.0. The lowest BCUT2D eigenvalue weighted by molar-refractivity contribution is -0.135. The second kappa shape index (κ2) is 6.46. The Bertz CT molecular complexity index is 688. The molecule has 1 saturated heterocycles. The molecule has 0 bridgehead atoms. The predicted octanol–water partition coefficient (Wildman–Crippen LogP) is 1.93. The molecule has 0 atom stereocenters. The number of carboxylic acids is 1. The van der Waals surface area contributed by atoms with Crippen LogP contribution < -0.4 is 10.2 Å². The topological polar surface area (TPSA) is 78.3 Å². The third-order valence-corrected chi connectivity index (χ3v) is 4.08. The summed E-state index contributed by atoms with van der Waals surface area (Å²) in [6.07, 6.45) is 3.48. The highest BCUT2D eigenvalue weighted by atomic mass is 35.5. The van der Waals surface area contributed by atoms with E-state index in [4.69, 9.17) is 11.6 Å². The molecule has 0 spiro atoms. The fraction of sp³-hybridized carbons (Fsp3) is 0.400. The fourth-order valence-electron chi connectivity index (χ4n) is 2.80. The van der Waals surface area contributed by atoms with Gasteiger partial charge in [-0.3, -0.25) is 4.79 Å². The summed E-state index contributed by atoms with van der Waals surface area (Å²) < 4.78 is 0. The molecule has 0 aromatic carbocycles. The van der Waals surface area contributed by atoms with E-state index in [0.717, 1.165) is 36.8 Å². The smallest absolute Gasteiger partial charge is 0.323 e. The lowest BCUT2D eigenvalue weighted by Gasteiger charge is -2.34. The molecule has 1 aliphatic heterocycles. The number of halogens is 1. The highest BCUT2D eigenvalue weighted by molar-refractivity contribution is 6.29. The van der Waals surface area contributed by atoms with Crippen molar-refractivity contribution < 1.29 is 9.90 Å². The molecule has 6 nitrogen and oxygen atoms in total. The summed E-state index contributed by atoms with van der Waals surface area (Å²) in [5, 5.41) is 13.8.